The molecule has 4 nitrogen and oxygen atoms in total. The van der Waals surface area contributed by atoms with Crippen LogP contribution in [0, 0.1) is 0 Å². The second-order valence-electron chi connectivity index (χ2n) is 4.66. The molecular weight excluding hydrogens is 229 g/mol. The molecule has 2 N–H and O–H groups in total. The second kappa shape index (κ2) is 6.78. The maximum Gasteiger partial charge on any atom is 0.492 e. The average Bonchev–Trinajstić information content (AvgIpc) is 2.40. The van der Waals surface area contributed by atoms with Crippen LogP contribution in [0.5, 0.6) is 5.75 Å². The van der Waals surface area contributed by atoms with Crippen molar-refractivity contribution in [1.29, 1.82) is 0 Å². The molecule has 1 aliphatic heterocycles. The predicted octanol–water partition coefficient (Wildman–Crippen LogP) is 0.231. The molecule has 1 heterocycles. The maximum atomic E-state index is 9.22. The Morgan fingerprint density at radius 1 is 1.11 bits per heavy atom. The number of para-hydroxylation sites is 1. The van der Waals surface area contributed by atoms with Crippen LogP contribution >= 0.6 is 0 Å². The first-order chi connectivity index (χ1) is 8.77. The van der Waals surface area contributed by atoms with Crippen molar-refractivity contribution < 1.29 is 14.8 Å². The SMILES string of the molecule is OB(O)c1ccccc1OCCN1CCCCC1. The van der Waals surface area contributed by atoms with E-state index in [0.717, 1.165) is 19.6 Å². The standard InChI is InChI=1S/C13H20BNO3/c16-14(17)12-6-2-3-7-13(12)18-11-10-15-8-4-1-5-9-15/h2-3,6-7,16-17H,1,4-5,8-11H2. The maximum absolute atomic E-state index is 9.22. The van der Waals surface area contributed by atoms with E-state index in [0.29, 0.717) is 17.8 Å². The molecule has 0 amide bonds. The van der Waals surface area contributed by atoms with Gasteiger partial charge >= 0.3 is 7.12 Å². The zero-order chi connectivity index (χ0) is 12.8. The van der Waals surface area contributed by atoms with E-state index in [1.54, 1.807) is 18.2 Å². The third-order valence-electron chi connectivity index (χ3n) is 3.31. The molecule has 5 heteroatoms. The lowest BCUT2D eigenvalue weighted by Crippen LogP contribution is -2.35. The summed E-state index contributed by atoms with van der Waals surface area (Å²) < 4.78 is 5.64. The summed E-state index contributed by atoms with van der Waals surface area (Å²) >= 11 is 0. The lowest BCUT2D eigenvalue weighted by Gasteiger charge is -2.26. The first kappa shape index (κ1) is 13.4. The Hall–Kier alpha value is -1.04. The van der Waals surface area contributed by atoms with E-state index >= 15 is 0 Å². The van der Waals surface area contributed by atoms with E-state index in [1.165, 1.54) is 19.3 Å². The fourth-order valence-electron chi connectivity index (χ4n) is 2.29. The van der Waals surface area contributed by atoms with Gasteiger partial charge in [0.15, 0.2) is 0 Å². The van der Waals surface area contributed by atoms with Gasteiger partial charge in [-0.05, 0) is 32.0 Å². The predicted molar refractivity (Wildman–Crippen MR) is 72.1 cm³/mol. The van der Waals surface area contributed by atoms with E-state index in [4.69, 9.17) is 4.74 Å². The number of hydrogen-bond donors (Lipinski definition) is 2. The van der Waals surface area contributed by atoms with Crippen LogP contribution in [-0.2, 0) is 0 Å². The number of rotatable bonds is 5. The molecule has 1 fully saturated rings. The minimum absolute atomic E-state index is 0.427. The molecule has 0 bridgehead atoms. The highest BCUT2D eigenvalue weighted by Crippen LogP contribution is 2.10. The molecule has 0 saturated carbocycles. The van der Waals surface area contributed by atoms with Crippen molar-refractivity contribution in [3.8, 4) is 5.75 Å². The molecule has 0 unspecified atom stereocenters. The molecule has 0 spiro atoms. The van der Waals surface area contributed by atoms with Crippen LogP contribution in [0.25, 0.3) is 0 Å². The zero-order valence-electron chi connectivity index (χ0n) is 10.6. The minimum Gasteiger partial charge on any atom is -0.493 e. The van der Waals surface area contributed by atoms with Gasteiger partial charge in [0, 0.05) is 12.0 Å². The van der Waals surface area contributed by atoms with E-state index in [-0.39, 0.29) is 0 Å². The molecule has 2 rings (SSSR count). The summed E-state index contributed by atoms with van der Waals surface area (Å²) in [5, 5.41) is 18.4. The fourth-order valence-corrected chi connectivity index (χ4v) is 2.29. The summed E-state index contributed by atoms with van der Waals surface area (Å²) in [5.41, 5.74) is 0.427. The van der Waals surface area contributed by atoms with Crippen molar-refractivity contribution >= 4 is 12.6 Å². The summed E-state index contributed by atoms with van der Waals surface area (Å²) in [4.78, 5) is 2.39. The Labute approximate surface area is 108 Å². The number of piperidine rings is 1. The summed E-state index contributed by atoms with van der Waals surface area (Å²) in [6, 6.07) is 7.04. The largest absolute Gasteiger partial charge is 0.493 e. The quantitative estimate of drug-likeness (QED) is 0.733. The fraction of sp³-hybridized carbons (Fsp3) is 0.538. The van der Waals surface area contributed by atoms with Crippen LogP contribution in [-0.4, -0.2) is 48.3 Å². The number of nitrogens with zero attached hydrogens (tertiary/aromatic N) is 1. The van der Waals surface area contributed by atoms with Gasteiger partial charge in [-0.25, -0.2) is 0 Å². The van der Waals surface area contributed by atoms with Gasteiger partial charge in [-0.15, -0.1) is 0 Å². The van der Waals surface area contributed by atoms with Crippen molar-refractivity contribution in [2.24, 2.45) is 0 Å². The molecule has 1 aliphatic rings. The molecule has 0 aromatic heterocycles. The van der Waals surface area contributed by atoms with Gasteiger partial charge in [0.2, 0.25) is 0 Å². The van der Waals surface area contributed by atoms with Crippen LogP contribution in [0.4, 0.5) is 0 Å². The second-order valence-corrected chi connectivity index (χ2v) is 4.66. The zero-order valence-corrected chi connectivity index (χ0v) is 10.6. The van der Waals surface area contributed by atoms with Crippen LogP contribution in [0.1, 0.15) is 19.3 Å². The van der Waals surface area contributed by atoms with Crippen molar-refractivity contribution in [3.63, 3.8) is 0 Å². The van der Waals surface area contributed by atoms with Crippen molar-refractivity contribution in [3.05, 3.63) is 24.3 Å². The van der Waals surface area contributed by atoms with Gasteiger partial charge in [0.05, 0.1) is 0 Å². The van der Waals surface area contributed by atoms with Gasteiger partial charge in [0.25, 0.3) is 0 Å². The molecule has 1 saturated heterocycles. The summed E-state index contributed by atoms with van der Waals surface area (Å²) in [6.07, 6.45) is 3.87. The van der Waals surface area contributed by atoms with Crippen LogP contribution in [0.3, 0.4) is 0 Å². The Kier molecular flexibility index (Phi) is 5.05. The van der Waals surface area contributed by atoms with E-state index in [2.05, 4.69) is 4.90 Å². The molecule has 0 radical (unpaired) electrons. The molecule has 1 aromatic carbocycles. The molecular formula is C13H20BNO3. The van der Waals surface area contributed by atoms with Crippen molar-refractivity contribution in [1.82, 2.24) is 4.90 Å². The Bertz CT molecular complexity index is 367. The van der Waals surface area contributed by atoms with Gasteiger partial charge < -0.3 is 14.8 Å². The lowest BCUT2D eigenvalue weighted by atomic mass is 9.79. The smallest absolute Gasteiger partial charge is 0.492 e. The van der Waals surface area contributed by atoms with Crippen LogP contribution in [0.2, 0.25) is 0 Å². The summed E-state index contributed by atoms with van der Waals surface area (Å²) in [5.74, 6) is 0.560. The third-order valence-corrected chi connectivity index (χ3v) is 3.31. The lowest BCUT2D eigenvalue weighted by molar-refractivity contribution is 0.184. The van der Waals surface area contributed by atoms with E-state index < -0.39 is 7.12 Å². The highest BCUT2D eigenvalue weighted by molar-refractivity contribution is 6.59. The Balaban J connectivity index is 1.82. The normalized spacial score (nSPS) is 16.6. The van der Waals surface area contributed by atoms with Crippen LogP contribution < -0.4 is 10.2 Å². The van der Waals surface area contributed by atoms with Crippen LogP contribution in [0.15, 0.2) is 24.3 Å². The van der Waals surface area contributed by atoms with E-state index in [9.17, 15) is 10.0 Å². The van der Waals surface area contributed by atoms with Gasteiger partial charge in [-0.1, -0.05) is 24.6 Å². The van der Waals surface area contributed by atoms with Crippen molar-refractivity contribution in [2.45, 2.75) is 19.3 Å². The van der Waals surface area contributed by atoms with Gasteiger partial charge in [0.1, 0.15) is 12.4 Å². The number of likely N-dealkylation sites (tertiary alicyclic amines) is 1. The number of benzene rings is 1. The Morgan fingerprint density at radius 3 is 2.56 bits per heavy atom. The molecule has 0 aliphatic carbocycles. The number of ether oxygens (including phenoxy) is 1. The average molecular weight is 249 g/mol. The third kappa shape index (κ3) is 3.73. The Morgan fingerprint density at radius 2 is 1.83 bits per heavy atom. The molecule has 0 atom stereocenters. The summed E-state index contributed by atoms with van der Waals surface area (Å²) in [6.45, 7) is 3.78. The van der Waals surface area contributed by atoms with Gasteiger partial charge in [-0.3, -0.25) is 4.90 Å². The molecule has 18 heavy (non-hydrogen) atoms. The molecule has 98 valence electrons. The topological polar surface area (TPSA) is 52.9 Å². The monoisotopic (exact) mass is 249 g/mol. The van der Waals surface area contributed by atoms with Crippen molar-refractivity contribution in [2.75, 3.05) is 26.2 Å². The molecule has 1 aromatic rings. The first-order valence-electron chi connectivity index (χ1n) is 6.57. The summed E-state index contributed by atoms with van der Waals surface area (Å²) in [7, 11) is -1.48. The van der Waals surface area contributed by atoms with Gasteiger partial charge in [-0.2, -0.15) is 0 Å². The highest BCUT2D eigenvalue weighted by atomic mass is 16.5. The minimum atomic E-state index is -1.48. The number of hydrogen-bond acceptors (Lipinski definition) is 4. The first-order valence-corrected chi connectivity index (χ1v) is 6.57. The van der Waals surface area contributed by atoms with E-state index in [1.807, 2.05) is 6.07 Å². The highest BCUT2D eigenvalue weighted by Gasteiger charge is 2.16.